The van der Waals surface area contributed by atoms with Crippen LogP contribution < -0.4 is 0 Å². The lowest BCUT2D eigenvalue weighted by molar-refractivity contribution is -0.141. The molecule has 0 saturated heterocycles. The first kappa shape index (κ1) is 12.4. The summed E-state index contributed by atoms with van der Waals surface area (Å²) in [6.07, 6.45) is -2.06. The summed E-state index contributed by atoms with van der Waals surface area (Å²) < 4.78 is 37.0. The number of nitrogens with one attached hydrogen (secondary N) is 1. The monoisotopic (exact) mass is 253 g/mol. The lowest BCUT2D eigenvalue weighted by Crippen LogP contribution is -2.07. The molecule has 0 spiro atoms. The molecule has 0 unspecified atom stereocenters. The second-order valence-corrected chi connectivity index (χ2v) is 3.50. The molecule has 0 aliphatic carbocycles. The second-order valence-electron chi connectivity index (χ2n) is 3.50. The van der Waals surface area contributed by atoms with Gasteiger partial charge in [0.15, 0.2) is 0 Å². The zero-order valence-corrected chi connectivity index (χ0v) is 9.07. The summed E-state index contributed by atoms with van der Waals surface area (Å²) in [6.45, 7) is -0.0103. The standard InChI is InChI=1S/C11H8F3N4/c12-11(13,14)10-2-1-7(5-16-10)9-3-8(4-15)17-6-18-9/h1-3,5-6,15H,4H2/q-1. The summed E-state index contributed by atoms with van der Waals surface area (Å²) in [5.74, 6) is 0. The van der Waals surface area contributed by atoms with Crippen LogP contribution in [0.4, 0.5) is 13.2 Å². The smallest absolute Gasteiger partial charge is 0.433 e. The summed E-state index contributed by atoms with van der Waals surface area (Å²) in [4.78, 5) is 11.1. The van der Waals surface area contributed by atoms with E-state index in [1.165, 1.54) is 12.4 Å². The molecule has 0 aliphatic heterocycles. The van der Waals surface area contributed by atoms with Crippen molar-refractivity contribution in [2.45, 2.75) is 12.7 Å². The van der Waals surface area contributed by atoms with Crippen LogP contribution in [0.3, 0.4) is 0 Å². The van der Waals surface area contributed by atoms with Gasteiger partial charge in [0.05, 0.1) is 5.69 Å². The van der Waals surface area contributed by atoms with E-state index in [9.17, 15) is 13.2 Å². The van der Waals surface area contributed by atoms with Crippen LogP contribution in [-0.2, 0) is 12.7 Å². The Balaban J connectivity index is 2.34. The third-order valence-electron chi connectivity index (χ3n) is 2.25. The topological polar surface area (TPSA) is 62.5 Å². The van der Waals surface area contributed by atoms with E-state index in [-0.39, 0.29) is 6.54 Å². The van der Waals surface area contributed by atoms with Crippen LogP contribution >= 0.6 is 0 Å². The van der Waals surface area contributed by atoms with Crippen molar-refractivity contribution in [2.75, 3.05) is 0 Å². The molecule has 0 radical (unpaired) electrons. The molecule has 7 heteroatoms. The fourth-order valence-electron chi connectivity index (χ4n) is 1.37. The number of nitrogens with zero attached hydrogens (tertiary/aromatic N) is 3. The third-order valence-corrected chi connectivity index (χ3v) is 2.25. The first-order valence-electron chi connectivity index (χ1n) is 5.00. The minimum Gasteiger partial charge on any atom is -0.672 e. The average Bonchev–Trinajstić information content (AvgIpc) is 2.38. The van der Waals surface area contributed by atoms with E-state index in [0.717, 1.165) is 12.3 Å². The molecule has 0 aromatic carbocycles. The lowest BCUT2D eigenvalue weighted by atomic mass is 10.1. The number of hydrogen-bond donors (Lipinski definition) is 0. The minimum atomic E-state index is -4.45. The maximum atomic E-state index is 12.3. The highest BCUT2D eigenvalue weighted by atomic mass is 19.4. The lowest BCUT2D eigenvalue weighted by Gasteiger charge is -2.07. The Hall–Kier alpha value is -2.02. The van der Waals surface area contributed by atoms with Gasteiger partial charge in [0.1, 0.15) is 12.0 Å². The minimum absolute atomic E-state index is 0.0103. The van der Waals surface area contributed by atoms with Gasteiger partial charge in [-0.25, -0.2) is 9.97 Å². The SMILES string of the molecule is [NH-]Cc1cc(-c2ccc(C(F)(F)F)nc2)ncn1. The van der Waals surface area contributed by atoms with Crippen LogP contribution in [0, 0.1) is 0 Å². The zero-order valence-electron chi connectivity index (χ0n) is 9.07. The van der Waals surface area contributed by atoms with Crippen molar-refractivity contribution >= 4 is 0 Å². The van der Waals surface area contributed by atoms with Crippen molar-refractivity contribution in [3.05, 3.63) is 47.8 Å². The molecule has 18 heavy (non-hydrogen) atoms. The van der Waals surface area contributed by atoms with Gasteiger partial charge in [-0.05, 0) is 18.2 Å². The van der Waals surface area contributed by atoms with E-state index in [0.29, 0.717) is 17.0 Å². The molecule has 2 rings (SSSR count). The number of pyridine rings is 1. The van der Waals surface area contributed by atoms with Crippen LogP contribution in [0.1, 0.15) is 11.4 Å². The van der Waals surface area contributed by atoms with Crippen molar-refractivity contribution in [3.63, 3.8) is 0 Å². The van der Waals surface area contributed by atoms with Gasteiger partial charge in [-0.15, -0.1) is 6.54 Å². The maximum absolute atomic E-state index is 12.3. The Kier molecular flexibility index (Phi) is 3.24. The largest absolute Gasteiger partial charge is 0.672 e. The Morgan fingerprint density at radius 2 is 1.89 bits per heavy atom. The Morgan fingerprint density at radius 3 is 2.44 bits per heavy atom. The summed E-state index contributed by atoms with van der Waals surface area (Å²) in [7, 11) is 0. The fraction of sp³-hybridized carbons (Fsp3) is 0.182. The third kappa shape index (κ3) is 2.62. The van der Waals surface area contributed by atoms with Gasteiger partial charge in [-0.2, -0.15) is 13.2 Å². The number of hydrogen-bond acceptors (Lipinski definition) is 3. The zero-order chi connectivity index (χ0) is 13.2. The first-order valence-corrected chi connectivity index (χ1v) is 5.00. The Morgan fingerprint density at radius 1 is 1.11 bits per heavy atom. The van der Waals surface area contributed by atoms with Crippen molar-refractivity contribution < 1.29 is 13.2 Å². The quantitative estimate of drug-likeness (QED) is 0.826. The van der Waals surface area contributed by atoms with E-state index in [2.05, 4.69) is 15.0 Å². The molecule has 94 valence electrons. The van der Waals surface area contributed by atoms with E-state index < -0.39 is 11.9 Å². The summed E-state index contributed by atoms with van der Waals surface area (Å²) in [5, 5.41) is 0. The van der Waals surface area contributed by atoms with Crippen molar-refractivity contribution in [3.8, 4) is 11.3 Å². The van der Waals surface area contributed by atoms with Gasteiger partial charge in [0.25, 0.3) is 0 Å². The molecule has 2 aromatic heterocycles. The number of aromatic nitrogens is 3. The normalized spacial score (nSPS) is 11.6. The molecule has 2 aromatic rings. The van der Waals surface area contributed by atoms with E-state index in [1.807, 2.05) is 0 Å². The average molecular weight is 253 g/mol. The van der Waals surface area contributed by atoms with E-state index in [1.54, 1.807) is 6.07 Å². The molecule has 0 bridgehead atoms. The second kappa shape index (κ2) is 4.69. The highest BCUT2D eigenvalue weighted by molar-refractivity contribution is 5.57. The van der Waals surface area contributed by atoms with Crippen molar-refractivity contribution in [2.24, 2.45) is 0 Å². The predicted octanol–water partition coefficient (Wildman–Crippen LogP) is 3.11. The fourth-order valence-corrected chi connectivity index (χ4v) is 1.37. The number of rotatable bonds is 2. The van der Waals surface area contributed by atoms with Gasteiger partial charge in [0.2, 0.25) is 0 Å². The molecule has 4 nitrogen and oxygen atoms in total. The van der Waals surface area contributed by atoms with Gasteiger partial charge in [0, 0.05) is 17.5 Å². The van der Waals surface area contributed by atoms with Crippen LogP contribution in [0.15, 0.2) is 30.7 Å². The summed E-state index contributed by atoms with van der Waals surface area (Å²) in [5.41, 5.74) is 7.63. The van der Waals surface area contributed by atoms with Gasteiger partial charge in [-0.1, -0.05) is 0 Å². The molecule has 2 heterocycles. The van der Waals surface area contributed by atoms with Gasteiger partial charge in [-0.3, -0.25) is 4.98 Å². The molecule has 0 fully saturated rings. The van der Waals surface area contributed by atoms with Crippen molar-refractivity contribution in [1.82, 2.24) is 15.0 Å². The van der Waals surface area contributed by atoms with E-state index in [4.69, 9.17) is 5.73 Å². The number of halogens is 3. The molecular weight excluding hydrogens is 245 g/mol. The predicted molar refractivity (Wildman–Crippen MR) is 58.3 cm³/mol. The van der Waals surface area contributed by atoms with E-state index >= 15 is 0 Å². The highest BCUT2D eigenvalue weighted by Crippen LogP contribution is 2.28. The van der Waals surface area contributed by atoms with Crippen LogP contribution in [-0.4, -0.2) is 15.0 Å². The Bertz CT molecular complexity index is 537. The molecular formula is C11H8F3N4-. The van der Waals surface area contributed by atoms with Crippen LogP contribution in [0.5, 0.6) is 0 Å². The van der Waals surface area contributed by atoms with Crippen LogP contribution in [0.2, 0.25) is 0 Å². The highest BCUT2D eigenvalue weighted by Gasteiger charge is 2.32. The molecule has 0 atom stereocenters. The Labute approximate surface area is 101 Å². The molecule has 0 aliphatic rings. The molecule has 1 N–H and O–H groups in total. The van der Waals surface area contributed by atoms with Gasteiger partial charge < -0.3 is 5.73 Å². The van der Waals surface area contributed by atoms with Gasteiger partial charge >= 0.3 is 6.18 Å². The number of alkyl halides is 3. The summed E-state index contributed by atoms with van der Waals surface area (Å²) >= 11 is 0. The molecule has 0 saturated carbocycles. The summed E-state index contributed by atoms with van der Waals surface area (Å²) in [6, 6.07) is 3.75. The first-order chi connectivity index (χ1) is 8.50. The molecule has 0 amide bonds. The van der Waals surface area contributed by atoms with Crippen molar-refractivity contribution in [1.29, 1.82) is 0 Å². The maximum Gasteiger partial charge on any atom is 0.433 e. The van der Waals surface area contributed by atoms with Crippen LogP contribution in [0.25, 0.3) is 17.0 Å².